The minimum Gasteiger partial charge on any atom is -0.508 e. The SMILES string of the molecule is CCCCOC(=O)C(C#N)=Cc1ccc(O)cc1. The van der Waals surface area contributed by atoms with Crippen molar-refractivity contribution >= 4 is 12.0 Å². The van der Waals surface area contributed by atoms with Crippen molar-refractivity contribution in [3.05, 3.63) is 35.4 Å². The Labute approximate surface area is 106 Å². The molecule has 0 heterocycles. The summed E-state index contributed by atoms with van der Waals surface area (Å²) in [6.45, 7) is 2.31. The van der Waals surface area contributed by atoms with Crippen molar-refractivity contribution in [3.63, 3.8) is 0 Å². The second kappa shape index (κ2) is 7.13. The lowest BCUT2D eigenvalue weighted by molar-refractivity contribution is -0.138. The first-order chi connectivity index (χ1) is 8.67. The normalized spacial score (nSPS) is 10.8. The van der Waals surface area contributed by atoms with Gasteiger partial charge in [0.05, 0.1) is 6.61 Å². The molecule has 0 spiro atoms. The maximum atomic E-state index is 11.6. The summed E-state index contributed by atoms with van der Waals surface area (Å²) in [7, 11) is 0. The first kappa shape index (κ1) is 13.8. The van der Waals surface area contributed by atoms with Gasteiger partial charge in [-0.25, -0.2) is 4.79 Å². The smallest absolute Gasteiger partial charge is 0.348 e. The van der Waals surface area contributed by atoms with Crippen LogP contribution in [-0.4, -0.2) is 17.7 Å². The monoisotopic (exact) mass is 245 g/mol. The Hall–Kier alpha value is -2.28. The second-order valence-corrected chi connectivity index (χ2v) is 3.75. The minimum absolute atomic E-state index is 0.0446. The number of carbonyl (C=O) groups is 1. The fourth-order valence-electron chi connectivity index (χ4n) is 1.26. The van der Waals surface area contributed by atoms with E-state index in [1.54, 1.807) is 12.1 Å². The number of phenolic OH excluding ortho intramolecular Hbond substituents is 1. The predicted molar refractivity (Wildman–Crippen MR) is 67.6 cm³/mol. The molecule has 4 nitrogen and oxygen atoms in total. The maximum absolute atomic E-state index is 11.6. The number of benzene rings is 1. The molecule has 1 aromatic rings. The van der Waals surface area contributed by atoms with Crippen LogP contribution in [0.4, 0.5) is 0 Å². The second-order valence-electron chi connectivity index (χ2n) is 3.75. The summed E-state index contributed by atoms with van der Waals surface area (Å²) in [6.07, 6.45) is 3.15. The number of phenols is 1. The summed E-state index contributed by atoms with van der Waals surface area (Å²) < 4.78 is 4.95. The van der Waals surface area contributed by atoms with Crippen LogP contribution < -0.4 is 0 Å². The zero-order chi connectivity index (χ0) is 13.4. The van der Waals surface area contributed by atoms with Crippen LogP contribution in [0.3, 0.4) is 0 Å². The van der Waals surface area contributed by atoms with Crippen molar-refractivity contribution in [2.75, 3.05) is 6.61 Å². The fourth-order valence-corrected chi connectivity index (χ4v) is 1.26. The molecular weight excluding hydrogens is 230 g/mol. The average Bonchev–Trinajstić information content (AvgIpc) is 2.38. The Morgan fingerprint density at radius 2 is 2.11 bits per heavy atom. The van der Waals surface area contributed by atoms with E-state index in [9.17, 15) is 4.79 Å². The van der Waals surface area contributed by atoms with E-state index in [2.05, 4.69) is 0 Å². The van der Waals surface area contributed by atoms with Crippen LogP contribution in [-0.2, 0) is 9.53 Å². The average molecular weight is 245 g/mol. The van der Waals surface area contributed by atoms with Gasteiger partial charge in [-0.2, -0.15) is 5.26 Å². The van der Waals surface area contributed by atoms with Crippen LogP contribution in [0.1, 0.15) is 25.3 Å². The standard InChI is InChI=1S/C14H15NO3/c1-2-3-8-18-14(17)12(10-15)9-11-4-6-13(16)7-5-11/h4-7,9,16H,2-3,8H2,1H3. The summed E-state index contributed by atoms with van der Waals surface area (Å²) in [6, 6.07) is 8.03. The zero-order valence-electron chi connectivity index (χ0n) is 10.2. The van der Waals surface area contributed by atoms with E-state index < -0.39 is 5.97 Å². The van der Waals surface area contributed by atoms with Gasteiger partial charge in [0.2, 0.25) is 0 Å². The van der Waals surface area contributed by atoms with Gasteiger partial charge in [0.1, 0.15) is 17.4 Å². The van der Waals surface area contributed by atoms with E-state index in [0.29, 0.717) is 12.2 Å². The highest BCUT2D eigenvalue weighted by Gasteiger charge is 2.10. The van der Waals surface area contributed by atoms with Gasteiger partial charge in [-0.05, 0) is 30.2 Å². The number of nitrogens with zero attached hydrogens (tertiary/aromatic N) is 1. The number of unbranched alkanes of at least 4 members (excludes halogenated alkanes) is 1. The molecule has 0 atom stereocenters. The quantitative estimate of drug-likeness (QED) is 0.374. The highest BCUT2D eigenvalue weighted by molar-refractivity contribution is 5.97. The molecule has 18 heavy (non-hydrogen) atoms. The Morgan fingerprint density at radius 3 is 2.67 bits per heavy atom. The van der Waals surface area contributed by atoms with E-state index in [1.165, 1.54) is 18.2 Å². The van der Waals surface area contributed by atoms with E-state index in [0.717, 1.165) is 12.8 Å². The minimum atomic E-state index is -0.612. The molecule has 0 saturated carbocycles. The number of ether oxygens (including phenoxy) is 1. The first-order valence-corrected chi connectivity index (χ1v) is 5.75. The Morgan fingerprint density at radius 1 is 1.44 bits per heavy atom. The predicted octanol–water partition coefficient (Wildman–Crippen LogP) is 2.64. The molecular formula is C14H15NO3. The molecule has 1 rings (SSSR count). The third-order valence-electron chi connectivity index (χ3n) is 2.28. The third kappa shape index (κ3) is 4.30. The van der Waals surface area contributed by atoms with Crippen LogP contribution in [0.15, 0.2) is 29.8 Å². The summed E-state index contributed by atoms with van der Waals surface area (Å²) in [5.74, 6) is -0.477. The van der Waals surface area contributed by atoms with E-state index in [4.69, 9.17) is 15.1 Å². The molecule has 0 aliphatic rings. The summed E-state index contributed by atoms with van der Waals surface area (Å²) >= 11 is 0. The topological polar surface area (TPSA) is 70.3 Å². The van der Waals surface area contributed by atoms with Crippen LogP contribution in [0.5, 0.6) is 5.75 Å². The number of hydrogen-bond acceptors (Lipinski definition) is 4. The lowest BCUT2D eigenvalue weighted by atomic mass is 10.1. The summed E-state index contributed by atoms with van der Waals surface area (Å²) in [5.41, 5.74) is 0.619. The number of carbonyl (C=O) groups excluding carboxylic acids is 1. The van der Waals surface area contributed by atoms with Gasteiger partial charge in [0.25, 0.3) is 0 Å². The molecule has 1 N–H and O–H groups in total. The van der Waals surface area contributed by atoms with Crippen molar-refractivity contribution < 1.29 is 14.6 Å². The highest BCUT2D eigenvalue weighted by Crippen LogP contribution is 2.13. The molecule has 0 aromatic heterocycles. The molecule has 0 amide bonds. The van der Waals surface area contributed by atoms with Gasteiger partial charge in [-0.15, -0.1) is 0 Å². The van der Waals surface area contributed by atoms with Crippen molar-refractivity contribution in [1.82, 2.24) is 0 Å². The van der Waals surface area contributed by atoms with Gasteiger partial charge in [0, 0.05) is 0 Å². The van der Waals surface area contributed by atoms with Crippen LogP contribution >= 0.6 is 0 Å². The van der Waals surface area contributed by atoms with Crippen molar-refractivity contribution in [3.8, 4) is 11.8 Å². The molecule has 0 aliphatic heterocycles. The molecule has 0 bridgehead atoms. The molecule has 0 radical (unpaired) electrons. The number of rotatable bonds is 5. The van der Waals surface area contributed by atoms with Crippen molar-refractivity contribution in [2.24, 2.45) is 0 Å². The van der Waals surface area contributed by atoms with E-state index >= 15 is 0 Å². The number of aromatic hydroxyl groups is 1. The maximum Gasteiger partial charge on any atom is 0.348 e. The molecule has 0 aliphatic carbocycles. The molecule has 0 saturated heterocycles. The lowest BCUT2D eigenvalue weighted by Crippen LogP contribution is -2.07. The third-order valence-corrected chi connectivity index (χ3v) is 2.28. The lowest BCUT2D eigenvalue weighted by Gasteiger charge is -2.02. The Kier molecular flexibility index (Phi) is 5.46. The van der Waals surface area contributed by atoms with Crippen LogP contribution in [0.2, 0.25) is 0 Å². The van der Waals surface area contributed by atoms with E-state index in [-0.39, 0.29) is 11.3 Å². The fraction of sp³-hybridized carbons (Fsp3) is 0.286. The first-order valence-electron chi connectivity index (χ1n) is 5.75. The van der Waals surface area contributed by atoms with Gasteiger partial charge in [-0.3, -0.25) is 0 Å². The van der Waals surface area contributed by atoms with E-state index in [1.807, 2.05) is 13.0 Å². The molecule has 4 heteroatoms. The largest absolute Gasteiger partial charge is 0.508 e. The van der Waals surface area contributed by atoms with Crippen molar-refractivity contribution in [2.45, 2.75) is 19.8 Å². The Balaban J connectivity index is 2.74. The summed E-state index contributed by atoms with van der Waals surface area (Å²) in [5, 5.41) is 18.0. The zero-order valence-corrected chi connectivity index (χ0v) is 10.2. The summed E-state index contributed by atoms with van der Waals surface area (Å²) in [4.78, 5) is 11.6. The highest BCUT2D eigenvalue weighted by atomic mass is 16.5. The number of nitriles is 1. The van der Waals surface area contributed by atoms with Crippen LogP contribution in [0.25, 0.3) is 6.08 Å². The van der Waals surface area contributed by atoms with Gasteiger partial charge >= 0.3 is 5.97 Å². The van der Waals surface area contributed by atoms with Gasteiger partial charge in [0.15, 0.2) is 0 Å². The van der Waals surface area contributed by atoms with Gasteiger partial charge in [-0.1, -0.05) is 25.5 Å². The Bertz CT molecular complexity index is 469. The number of esters is 1. The van der Waals surface area contributed by atoms with Crippen molar-refractivity contribution in [1.29, 1.82) is 5.26 Å². The molecule has 0 unspecified atom stereocenters. The molecule has 0 fully saturated rings. The number of hydrogen-bond donors (Lipinski definition) is 1. The molecule has 1 aromatic carbocycles. The van der Waals surface area contributed by atoms with Gasteiger partial charge < -0.3 is 9.84 Å². The molecule has 94 valence electrons. The van der Waals surface area contributed by atoms with Crippen LogP contribution in [0, 0.1) is 11.3 Å².